The molecular weight excluding hydrogens is 449 g/mol. The standard InChI is InChI=1S/C23H26FN3O5S/c1-16-18(23(29)26-11-13-32-14-12-26)5-4-6-20(16)25-22(28)17-7-8-19(24)21(15-17)33(30,31)27-9-2-3-10-27/h4-8,15H,2-3,9-14H2,1H3,(H,25,28). The van der Waals surface area contributed by atoms with Crippen molar-refractivity contribution in [1.29, 1.82) is 0 Å². The Hall–Kier alpha value is -2.82. The Morgan fingerprint density at radius 3 is 2.42 bits per heavy atom. The normalized spacial score (nSPS) is 17.2. The third-order valence-corrected chi connectivity index (χ3v) is 7.90. The molecule has 0 aromatic heterocycles. The molecule has 2 aliphatic heterocycles. The predicted molar refractivity (Wildman–Crippen MR) is 120 cm³/mol. The van der Waals surface area contributed by atoms with Gasteiger partial charge in [-0.05, 0) is 55.7 Å². The van der Waals surface area contributed by atoms with Crippen LogP contribution < -0.4 is 5.32 Å². The van der Waals surface area contributed by atoms with E-state index in [0.29, 0.717) is 56.2 Å². The van der Waals surface area contributed by atoms with Gasteiger partial charge in [0.05, 0.1) is 13.2 Å². The second-order valence-corrected chi connectivity index (χ2v) is 10.00. The molecule has 0 radical (unpaired) electrons. The van der Waals surface area contributed by atoms with E-state index in [0.717, 1.165) is 25.0 Å². The summed E-state index contributed by atoms with van der Waals surface area (Å²) in [6, 6.07) is 8.32. The number of sulfonamides is 1. The van der Waals surface area contributed by atoms with E-state index in [1.807, 2.05) is 0 Å². The molecule has 2 aromatic rings. The van der Waals surface area contributed by atoms with Crippen LogP contribution in [0.3, 0.4) is 0 Å². The van der Waals surface area contributed by atoms with E-state index >= 15 is 0 Å². The fourth-order valence-electron chi connectivity index (χ4n) is 4.04. The number of ether oxygens (including phenoxy) is 1. The summed E-state index contributed by atoms with van der Waals surface area (Å²) in [6.07, 6.45) is 1.44. The predicted octanol–water partition coefficient (Wildman–Crippen LogP) is 2.64. The smallest absolute Gasteiger partial charge is 0.255 e. The summed E-state index contributed by atoms with van der Waals surface area (Å²) >= 11 is 0. The molecule has 176 valence electrons. The topological polar surface area (TPSA) is 96.0 Å². The number of morpholine rings is 1. The lowest BCUT2D eigenvalue weighted by atomic mass is 10.0. The second-order valence-electron chi connectivity index (χ2n) is 8.09. The van der Waals surface area contributed by atoms with Gasteiger partial charge in [0, 0.05) is 43.0 Å². The molecule has 0 bridgehead atoms. The van der Waals surface area contributed by atoms with Crippen LogP contribution in [0.2, 0.25) is 0 Å². The molecule has 33 heavy (non-hydrogen) atoms. The minimum Gasteiger partial charge on any atom is -0.378 e. The number of benzene rings is 2. The van der Waals surface area contributed by atoms with Gasteiger partial charge in [-0.1, -0.05) is 6.07 Å². The average Bonchev–Trinajstić information content (AvgIpc) is 3.37. The van der Waals surface area contributed by atoms with Crippen LogP contribution in [0.25, 0.3) is 0 Å². The highest BCUT2D eigenvalue weighted by atomic mass is 32.2. The number of anilines is 1. The Balaban J connectivity index is 1.57. The molecule has 2 saturated heterocycles. The van der Waals surface area contributed by atoms with Crippen molar-refractivity contribution in [2.45, 2.75) is 24.7 Å². The number of nitrogens with zero attached hydrogens (tertiary/aromatic N) is 2. The average molecular weight is 476 g/mol. The minimum absolute atomic E-state index is 0.0125. The van der Waals surface area contributed by atoms with E-state index in [-0.39, 0.29) is 11.5 Å². The molecule has 0 atom stereocenters. The van der Waals surface area contributed by atoms with Crippen LogP contribution in [0.4, 0.5) is 10.1 Å². The molecule has 2 aliphatic rings. The van der Waals surface area contributed by atoms with Crippen LogP contribution >= 0.6 is 0 Å². The first-order valence-corrected chi connectivity index (χ1v) is 12.3. The van der Waals surface area contributed by atoms with Gasteiger partial charge in [0.1, 0.15) is 10.7 Å². The summed E-state index contributed by atoms with van der Waals surface area (Å²) in [5.74, 6) is -1.63. The quantitative estimate of drug-likeness (QED) is 0.717. The van der Waals surface area contributed by atoms with Crippen molar-refractivity contribution in [2.75, 3.05) is 44.7 Å². The maximum atomic E-state index is 14.4. The largest absolute Gasteiger partial charge is 0.378 e. The zero-order chi connectivity index (χ0) is 23.6. The Labute approximate surface area is 192 Å². The summed E-state index contributed by atoms with van der Waals surface area (Å²) in [5.41, 5.74) is 1.49. The van der Waals surface area contributed by atoms with Gasteiger partial charge in [-0.2, -0.15) is 4.31 Å². The molecule has 0 saturated carbocycles. The van der Waals surface area contributed by atoms with E-state index in [2.05, 4.69) is 5.32 Å². The van der Waals surface area contributed by atoms with Crippen LogP contribution in [-0.4, -0.2) is 68.8 Å². The number of rotatable bonds is 5. The number of carbonyl (C=O) groups is 2. The number of nitrogens with one attached hydrogen (secondary N) is 1. The zero-order valence-corrected chi connectivity index (χ0v) is 19.2. The number of hydrogen-bond acceptors (Lipinski definition) is 5. The van der Waals surface area contributed by atoms with Crippen molar-refractivity contribution < 1.29 is 27.1 Å². The number of amides is 2. The number of carbonyl (C=O) groups excluding carboxylic acids is 2. The molecule has 0 aliphatic carbocycles. The molecule has 2 aromatic carbocycles. The first kappa shape index (κ1) is 23.3. The van der Waals surface area contributed by atoms with Crippen molar-refractivity contribution in [3.8, 4) is 0 Å². The van der Waals surface area contributed by atoms with Gasteiger partial charge in [0.25, 0.3) is 11.8 Å². The van der Waals surface area contributed by atoms with Crippen LogP contribution in [0.15, 0.2) is 41.3 Å². The first-order valence-electron chi connectivity index (χ1n) is 10.9. The van der Waals surface area contributed by atoms with Crippen molar-refractivity contribution in [3.63, 3.8) is 0 Å². The highest BCUT2D eigenvalue weighted by Crippen LogP contribution is 2.26. The third-order valence-electron chi connectivity index (χ3n) is 5.99. The summed E-state index contributed by atoms with van der Waals surface area (Å²) in [4.78, 5) is 27.0. The molecule has 0 spiro atoms. The van der Waals surface area contributed by atoms with E-state index in [1.54, 1.807) is 30.0 Å². The Morgan fingerprint density at radius 2 is 1.73 bits per heavy atom. The Morgan fingerprint density at radius 1 is 1.03 bits per heavy atom. The van der Waals surface area contributed by atoms with E-state index < -0.39 is 26.6 Å². The highest BCUT2D eigenvalue weighted by molar-refractivity contribution is 7.89. The van der Waals surface area contributed by atoms with Gasteiger partial charge in [-0.15, -0.1) is 0 Å². The molecular formula is C23H26FN3O5S. The molecule has 8 nitrogen and oxygen atoms in total. The van der Waals surface area contributed by atoms with Gasteiger partial charge < -0.3 is 15.0 Å². The SMILES string of the molecule is Cc1c(NC(=O)c2ccc(F)c(S(=O)(=O)N3CCCC3)c2)cccc1C(=O)N1CCOCC1. The lowest BCUT2D eigenvalue weighted by Gasteiger charge is -2.27. The van der Waals surface area contributed by atoms with Crippen molar-refractivity contribution in [3.05, 3.63) is 58.9 Å². The summed E-state index contributed by atoms with van der Waals surface area (Å²) in [7, 11) is -4.02. The van der Waals surface area contributed by atoms with Gasteiger partial charge in [0.15, 0.2) is 0 Å². The molecule has 2 heterocycles. The van der Waals surface area contributed by atoms with Crippen LogP contribution in [0, 0.1) is 12.7 Å². The Kier molecular flexibility index (Phi) is 6.78. The fraction of sp³-hybridized carbons (Fsp3) is 0.391. The van der Waals surface area contributed by atoms with Gasteiger partial charge in [-0.3, -0.25) is 9.59 Å². The van der Waals surface area contributed by atoms with Crippen molar-refractivity contribution >= 4 is 27.5 Å². The lowest BCUT2D eigenvalue weighted by molar-refractivity contribution is 0.0302. The van der Waals surface area contributed by atoms with E-state index in [9.17, 15) is 22.4 Å². The molecule has 2 fully saturated rings. The summed E-state index contributed by atoms with van der Waals surface area (Å²) in [6.45, 7) is 4.36. The van der Waals surface area contributed by atoms with E-state index in [1.165, 1.54) is 10.4 Å². The van der Waals surface area contributed by atoms with E-state index in [4.69, 9.17) is 4.74 Å². The number of halogens is 1. The fourth-order valence-corrected chi connectivity index (χ4v) is 5.65. The number of hydrogen-bond donors (Lipinski definition) is 1. The highest BCUT2D eigenvalue weighted by Gasteiger charge is 2.30. The van der Waals surface area contributed by atoms with Crippen molar-refractivity contribution in [1.82, 2.24) is 9.21 Å². The van der Waals surface area contributed by atoms with Crippen LogP contribution in [0.1, 0.15) is 39.1 Å². The molecule has 0 unspecified atom stereocenters. The molecule has 4 rings (SSSR count). The molecule has 10 heteroatoms. The maximum absolute atomic E-state index is 14.4. The van der Waals surface area contributed by atoms with Gasteiger partial charge in [0.2, 0.25) is 10.0 Å². The first-order chi connectivity index (χ1) is 15.8. The molecule has 2 amide bonds. The monoisotopic (exact) mass is 475 g/mol. The summed E-state index contributed by atoms with van der Waals surface area (Å²) in [5, 5.41) is 2.73. The van der Waals surface area contributed by atoms with Crippen molar-refractivity contribution in [2.24, 2.45) is 0 Å². The van der Waals surface area contributed by atoms with Gasteiger partial charge >= 0.3 is 0 Å². The molecule has 1 N–H and O–H groups in total. The Bertz CT molecular complexity index is 1170. The minimum atomic E-state index is -4.02. The van der Waals surface area contributed by atoms with Gasteiger partial charge in [-0.25, -0.2) is 12.8 Å². The summed E-state index contributed by atoms with van der Waals surface area (Å²) < 4.78 is 46.6. The lowest BCUT2D eigenvalue weighted by Crippen LogP contribution is -2.41. The second kappa shape index (κ2) is 9.58. The zero-order valence-electron chi connectivity index (χ0n) is 18.3. The third kappa shape index (κ3) is 4.78. The van der Waals surface area contributed by atoms with Crippen LogP contribution in [0.5, 0.6) is 0 Å². The van der Waals surface area contributed by atoms with Crippen LogP contribution in [-0.2, 0) is 14.8 Å². The maximum Gasteiger partial charge on any atom is 0.255 e.